The van der Waals surface area contributed by atoms with Crippen LogP contribution in [0.25, 0.3) is 10.9 Å². The van der Waals surface area contributed by atoms with Gasteiger partial charge in [0.1, 0.15) is 0 Å². The van der Waals surface area contributed by atoms with Crippen molar-refractivity contribution in [2.75, 3.05) is 5.75 Å². The fourth-order valence-corrected chi connectivity index (χ4v) is 2.44. The highest BCUT2D eigenvalue weighted by Gasteiger charge is 2.27. The monoisotopic (exact) mass is 306 g/mol. The molecule has 0 radical (unpaired) electrons. The average molecular weight is 306 g/mol. The van der Waals surface area contributed by atoms with Gasteiger partial charge in [0.05, 0.1) is 10.9 Å². The van der Waals surface area contributed by atoms with E-state index in [0.29, 0.717) is 10.9 Å². The van der Waals surface area contributed by atoms with Gasteiger partial charge in [-0.3, -0.25) is 9.36 Å². The second-order valence-electron chi connectivity index (χ2n) is 3.73. The van der Waals surface area contributed by atoms with Crippen LogP contribution in [-0.4, -0.2) is 20.8 Å². The fraction of sp³-hybridized carbons (Fsp3) is 0.273. The number of fused-ring (bicyclic) bond motifs is 1. The number of nitrogens with one attached hydrogen (secondary N) is 1. The van der Waals surface area contributed by atoms with Gasteiger partial charge in [-0.1, -0.05) is 12.1 Å². The minimum absolute atomic E-state index is 0.0802. The van der Waals surface area contributed by atoms with Gasteiger partial charge >= 0.3 is 5.51 Å². The van der Waals surface area contributed by atoms with E-state index in [9.17, 15) is 18.0 Å². The van der Waals surface area contributed by atoms with Crippen molar-refractivity contribution >= 4 is 34.9 Å². The molecule has 0 atom stereocenters. The molecule has 8 heteroatoms. The maximum absolute atomic E-state index is 12.1. The summed E-state index contributed by atoms with van der Waals surface area (Å²) in [6.07, 6.45) is 0. The van der Waals surface area contributed by atoms with Gasteiger partial charge in [-0.15, -0.1) is 0 Å². The van der Waals surface area contributed by atoms with Crippen molar-refractivity contribution in [2.45, 2.75) is 12.1 Å². The van der Waals surface area contributed by atoms with Gasteiger partial charge in [0.15, 0.2) is 4.77 Å². The van der Waals surface area contributed by atoms with E-state index >= 15 is 0 Å². The first kappa shape index (κ1) is 14.1. The maximum Gasteiger partial charge on any atom is 0.441 e. The molecule has 1 aromatic heterocycles. The van der Waals surface area contributed by atoms with Crippen LogP contribution in [0.1, 0.15) is 0 Å². The highest BCUT2D eigenvalue weighted by Crippen LogP contribution is 2.29. The summed E-state index contributed by atoms with van der Waals surface area (Å²) in [5.74, 6) is -0.251. The Hall–Kier alpha value is -1.28. The second-order valence-corrected chi connectivity index (χ2v) is 5.27. The molecule has 0 aliphatic carbocycles. The Bertz CT molecular complexity index is 705. The highest BCUT2D eigenvalue weighted by atomic mass is 32.2. The minimum Gasteiger partial charge on any atom is -0.332 e. The van der Waals surface area contributed by atoms with Gasteiger partial charge in [0.2, 0.25) is 0 Å². The molecule has 0 saturated heterocycles. The Morgan fingerprint density at radius 3 is 2.68 bits per heavy atom. The Balaban J connectivity index is 2.34. The molecule has 0 amide bonds. The molecule has 0 saturated carbocycles. The lowest BCUT2D eigenvalue weighted by molar-refractivity contribution is -0.0328. The number of aromatic amines is 1. The molecule has 102 valence electrons. The van der Waals surface area contributed by atoms with E-state index < -0.39 is 5.51 Å². The van der Waals surface area contributed by atoms with E-state index in [1.807, 2.05) is 0 Å². The standard InChI is InChI=1S/C11H9F3N2OS2/c12-11(13,14)19-6-5-16-9(17)7-3-1-2-4-8(7)15-10(16)18/h1-4H,5-6H2,(H,15,18). The smallest absolute Gasteiger partial charge is 0.332 e. The van der Waals surface area contributed by atoms with Gasteiger partial charge in [-0.25, -0.2) is 0 Å². The summed E-state index contributed by atoms with van der Waals surface area (Å²) in [4.78, 5) is 14.9. The van der Waals surface area contributed by atoms with Crippen LogP contribution in [0.2, 0.25) is 0 Å². The van der Waals surface area contributed by atoms with Gasteiger partial charge < -0.3 is 4.98 Å². The summed E-state index contributed by atoms with van der Waals surface area (Å²) in [5, 5.41) is 0.410. The van der Waals surface area contributed by atoms with Gasteiger partial charge in [0, 0.05) is 12.3 Å². The van der Waals surface area contributed by atoms with Crippen molar-refractivity contribution in [3.05, 3.63) is 39.4 Å². The molecule has 1 aromatic carbocycles. The number of halogens is 3. The van der Waals surface area contributed by atoms with Crippen LogP contribution in [0.4, 0.5) is 13.2 Å². The van der Waals surface area contributed by atoms with Crippen molar-refractivity contribution in [2.24, 2.45) is 0 Å². The van der Waals surface area contributed by atoms with Crippen LogP contribution >= 0.6 is 24.0 Å². The van der Waals surface area contributed by atoms with E-state index in [1.165, 1.54) is 0 Å². The van der Waals surface area contributed by atoms with Crippen molar-refractivity contribution in [1.29, 1.82) is 0 Å². The first-order valence-electron chi connectivity index (χ1n) is 5.31. The van der Waals surface area contributed by atoms with Crippen molar-refractivity contribution in [3.8, 4) is 0 Å². The normalized spacial score (nSPS) is 11.9. The first-order valence-corrected chi connectivity index (χ1v) is 6.70. The number of rotatable bonds is 3. The molecule has 2 rings (SSSR count). The Morgan fingerprint density at radius 2 is 2.00 bits per heavy atom. The molecule has 0 aliphatic heterocycles. The van der Waals surface area contributed by atoms with Crippen LogP contribution in [0.3, 0.4) is 0 Å². The molecular formula is C11H9F3N2OS2. The van der Waals surface area contributed by atoms with Crippen molar-refractivity contribution in [1.82, 2.24) is 9.55 Å². The van der Waals surface area contributed by atoms with Crippen molar-refractivity contribution < 1.29 is 13.2 Å². The molecule has 0 aliphatic rings. The second kappa shape index (κ2) is 5.38. The number of nitrogens with zero attached hydrogens (tertiary/aromatic N) is 1. The largest absolute Gasteiger partial charge is 0.441 e. The SMILES string of the molecule is O=c1c2ccccc2[nH]c(=S)n1CCSC(F)(F)F. The van der Waals surface area contributed by atoms with Crippen LogP contribution in [0.5, 0.6) is 0 Å². The molecule has 0 fully saturated rings. The van der Waals surface area contributed by atoms with Gasteiger partial charge in [-0.2, -0.15) is 13.2 Å². The summed E-state index contributed by atoms with van der Waals surface area (Å²) in [6.45, 7) is -0.0802. The molecule has 1 N–H and O–H groups in total. The quantitative estimate of drug-likeness (QED) is 0.884. The first-order chi connectivity index (χ1) is 8.88. The molecule has 19 heavy (non-hydrogen) atoms. The van der Waals surface area contributed by atoms with E-state index in [-0.39, 0.29) is 34.4 Å². The highest BCUT2D eigenvalue weighted by molar-refractivity contribution is 8.00. The minimum atomic E-state index is -4.30. The fourth-order valence-electron chi connectivity index (χ4n) is 1.65. The van der Waals surface area contributed by atoms with Gasteiger partial charge in [-0.05, 0) is 36.1 Å². The Morgan fingerprint density at radius 1 is 1.32 bits per heavy atom. The van der Waals surface area contributed by atoms with Crippen molar-refractivity contribution in [3.63, 3.8) is 0 Å². The summed E-state index contributed by atoms with van der Waals surface area (Å²) in [5.41, 5.74) is -4.09. The number of alkyl halides is 3. The number of H-pyrrole nitrogens is 1. The number of benzene rings is 1. The summed E-state index contributed by atoms with van der Waals surface area (Å²) >= 11 is 4.82. The lowest BCUT2D eigenvalue weighted by atomic mass is 10.2. The Labute approximate surface area is 115 Å². The van der Waals surface area contributed by atoms with E-state index in [1.54, 1.807) is 24.3 Å². The Kier molecular flexibility index (Phi) is 4.00. The third-order valence-corrected chi connectivity index (χ3v) is 3.51. The third-order valence-electron chi connectivity index (χ3n) is 2.47. The molecule has 2 aromatic rings. The number of para-hydroxylation sites is 1. The average Bonchev–Trinajstić information content (AvgIpc) is 2.32. The van der Waals surface area contributed by atoms with E-state index in [0.717, 1.165) is 4.57 Å². The van der Waals surface area contributed by atoms with E-state index in [2.05, 4.69) is 4.98 Å². The predicted molar refractivity (Wildman–Crippen MR) is 71.9 cm³/mol. The van der Waals surface area contributed by atoms with Crippen LogP contribution in [0.15, 0.2) is 29.1 Å². The number of hydrogen-bond donors (Lipinski definition) is 1. The van der Waals surface area contributed by atoms with Crippen LogP contribution < -0.4 is 5.56 Å². The lowest BCUT2D eigenvalue weighted by Crippen LogP contribution is -2.23. The van der Waals surface area contributed by atoms with Gasteiger partial charge in [0.25, 0.3) is 5.56 Å². The summed E-state index contributed by atoms with van der Waals surface area (Å²) in [6, 6.07) is 6.74. The predicted octanol–water partition coefficient (Wildman–Crippen LogP) is 3.31. The maximum atomic E-state index is 12.1. The lowest BCUT2D eigenvalue weighted by Gasteiger charge is -2.09. The van der Waals surface area contributed by atoms with Crippen LogP contribution in [0, 0.1) is 4.77 Å². The zero-order valence-electron chi connectivity index (χ0n) is 9.53. The zero-order chi connectivity index (χ0) is 14.0. The molecule has 0 unspecified atom stereocenters. The molecule has 0 bridgehead atoms. The number of thioether (sulfide) groups is 1. The molecular weight excluding hydrogens is 297 g/mol. The number of aromatic nitrogens is 2. The third kappa shape index (κ3) is 3.38. The molecule has 1 heterocycles. The molecule has 3 nitrogen and oxygen atoms in total. The summed E-state index contributed by atoms with van der Waals surface area (Å²) < 4.78 is 37.4. The van der Waals surface area contributed by atoms with E-state index in [4.69, 9.17) is 12.2 Å². The molecule has 0 spiro atoms. The number of hydrogen-bond acceptors (Lipinski definition) is 3. The zero-order valence-corrected chi connectivity index (χ0v) is 11.2. The van der Waals surface area contributed by atoms with Crippen LogP contribution in [-0.2, 0) is 6.54 Å². The topological polar surface area (TPSA) is 37.8 Å². The summed E-state index contributed by atoms with van der Waals surface area (Å²) in [7, 11) is 0.